The summed E-state index contributed by atoms with van der Waals surface area (Å²) in [6.45, 7) is 0.794. The van der Waals surface area contributed by atoms with Crippen LogP contribution in [0.1, 0.15) is 34.9 Å². The van der Waals surface area contributed by atoms with Crippen LogP contribution in [-0.4, -0.2) is 12.4 Å². The summed E-state index contributed by atoms with van der Waals surface area (Å²) in [7, 11) is 0. The quantitative estimate of drug-likeness (QED) is 0.624. The van der Waals surface area contributed by atoms with E-state index in [-0.39, 0.29) is 17.8 Å². The molecule has 72 valence electrons. The van der Waals surface area contributed by atoms with Crippen LogP contribution in [-0.2, 0) is 4.74 Å². The first-order valence-electron chi connectivity index (χ1n) is 5.12. The lowest BCUT2D eigenvalue weighted by Gasteiger charge is -2.24. The number of hydrogen-bond donors (Lipinski definition) is 0. The zero-order chi connectivity index (χ0) is 9.54. The van der Waals surface area contributed by atoms with Crippen molar-refractivity contribution in [2.45, 2.75) is 18.9 Å². The van der Waals surface area contributed by atoms with Gasteiger partial charge in [-0.1, -0.05) is 24.3 Å². The lowest BCUT2D eigenvalue weighted by Crippen LogP contribution is -2.22. The third kappa shape index (κ3) is 0.976. The first kappa shape index (κ1) is 8.18. The van der Waals surface area contributed by atoms with Gasteiger partial charge in [0.15, 0.2) is 5.78 Å². The normalized spacial score (nSPS) is 29.9. The van der Waals surface area contributed by atoms with E-state index in [4.69, 9.17) is 4.74 Å². The SMILES string of the molecule is O=C1c2ccccc2C2OCCCC12. The zero-order valence-electron chi connectivity index (χ0n) is 7.90. The predicted molar refractivity (Wildman–Crippen MR) is 52.2 cm³/mol. The Labute approximate surface area is 82.9 Å². The van der Waals surface area contributed by atoms with Crippen molar-refractivity contribution in [1.82, 2.24) is 0 Å². The number of benzene rings is 1. The number of hydrogen-bond acceptors (Lipinski definition) is 2. The van der Waals surface area contributed by atoms with E-state index in [0.29, 0.717) is 0 Å². The van der Waals surface area contributed by atoms with E-state index in [9.17, 15) is 4.79 Å². The van der Waals surface area contributed by atoms with Gasteiger partial charge in [-0.2, -0.15) is 0 Å². The second kappa shape index (κ2) is 2.92. The number of carbonyl (C=O) groups is 1. The van der Waals surface area contributed by atoms with E-state index in [1.54, 1.807) is 0 Å². The molecule has 1 heterocycles. The van der Waals surface area contributed by atoms with E-state index in [2.05, 4.69) is 0 Å². The van der Waals surface area contributed by atoms with Crippen LogP contribution in [0.3, 0.4) is 0 Å². The van der Waals surface area contributed by atoms with E-state index < -0.39 is 0 Å². The Hall–Kier alpha value is -1.15. The van der Waals surface area contributed by atoms with Crippen LogP contribution >= 0.6 is 0 Å². The van der Waals surface area contributed by atoms with E-state index in [1.165, 1.54) is 0 Å². The van der Waals surface area contributed by atoms with Gasteiger partial charge in [0.1, 0.15) is 0 Å². The molecule has 0 bridgehead atoms. The molecule has 0 spiro atoms. The first-order chi connectivity index (χ1) is 6.88. The average molecular weight is 188 g/mol. The highest BCUT2D eigenvalue weighted by Crippen LogP contribution is 2.43. The maximum Gasteiger partial charge on any atom is 0.169 e. The summed E-state index contributed by atoms with van der Waals surface area (Å²) < 4.78 is 5.68. The molecular weight excluding hydrogens is 176 g/mol. The van der Waals surface area contributed by atoms with Gasteiger partial charge < -0.3 is 4.74 Å². The van der Waals surface area contributed by atoms with Crippen LogP contribution in [0.2, 0.25) is 0 Å². The van der Waals surface area contributed by atoms with Gasteiger partial charge in [0.05, 0.1) is 12.0 Å². The highest BCUT2D eigenvalue weighted by Gasteiger charge is 2.41. The molecule has 1 aromatic carbocycles. The molecule has 0 N–H and O–H groups in total. The van der Waals surface area contributed by atoms with Crippen LogP contribution in [0.15, 0.2) is 24.3 Å². The van der Waals surface area contributed by atoms with Gasteiger partial charge in [0.25, 0.3) is 0 Å². The maximum atomic E-state index is 12.0. The Morgan fingerprint density at radius 2 is 2.14 bits per heavy atom. The number of ether oxygens (including phenoxy) is 1. The van der Waals surface area contributed by atoms with Gasteiger partial charge in [0, 0.05) is 12.2 Å². The molecule has 1 fully saturated rings. The van der Waals surface area contributed by atoms with Gasteiger partial charge in [-0.25, -0.2) is 0 Å². The summed E-state index contributed by atoms with van der Waals surface area (Å²) in [5, 5.41) is 0. The molecule has 0 aromatic heterocycles. The minimum Gasteiger partial charge on any atom is -0.373 e. The summed E-state index contributed by atoms with van der Waals surface area (Å²) in [5.41, 5.74) is 1.98. The van der Waals surface area contributed by atoms with Gasteiger partial charge in [0.2, 0.25) is 0 Å². The van der Waals surface area contributed by atoms with Crippen molar-refractivity contribution in [2.75, 3.05) is 6.61 Å². The van der Waals surface area contributed by atoms with E-state index in [1.807, 2.05) is 24.3 Å². The lowest BCUT2D eigenvalue weighted by atomic mass is 9.94. The number of fused-ring (bicyclic) bond motifs is 3. The van der Waals surface area contributed by atoms with E-state index >= 15 is 0 Å². The molecule has 1 aliphatic carbocycles. The topological polar surface area (TPSA) is 26.3 Å². The van der Waals surface area contributed by atoms with Crippen LogP contribution in [0.25, 0.3) is 0 Å². The van der Waals surface area contributed by atoms with Crippen molar-refractivity contribution in [3.8, 4) is 0 Å². The predicted octanol–water partition coefficient (Wildman–Crippen LogP) is 2.35. The fourth-order valence-corrected chi connectivity index (χ4v) is 2.53. The Kier molecular flexibility index (Phi) is 1.71. The Morgan fingerprint density at radius 3 is 3.07 bits per heavy atom. The van der Waals surface area contributed by atoms with Crippen LogP contribution in [0.4, 0.5) is 0 Å². The smallest absolute Gasteiger partial charge is 0.169 e. The van der Waals surface area contributed by atoms with Crippen LogP contribution in [0, 0.1) is 5.92 Å². The lowest BCUT2D eigenvalue weighted by molar-refractivity contribution is -0.0129. The molecule has 2 unspecified atom stereocenters. The van der Waals surface area contributed by atoms with Crippen molar-refractivity contribution in [3.05, 3.63) is 35.4 Å². The molecule has 1 aliphatic heterocycles. The molecule has 14 heavy (non-hydrogen) atoms. The minimum absolute atomic E-state index is 0.0486. The molecule has 2 atom stereocenters. The molecule has 1 aromatic rings. The highest BCUT2D eigenvalue weighted by molar-refractivity contribution is 6.02. The third-order valence-corrected chi connectivity index (χ3v) is 3.19. The molecular formula is C12H12O2. The number of Topliss-reactive ketones (excluding diaryl/α,β-unsaturated/α-hetero) is 1. The second-order valence-electron chi connectivity index (χ2n) is 3.99. The zero-order valence-corrected chi connectivity index (χ0v) is 7.90. The Morgan fingerprint density at radius 1 is 1.29 bits per heavy atom. The fourth-order valence-electron chi connectivity index (χ4n) is 2.53. The molecule has 3 rings (SSSR count). The third-order valence-electron chi connectivity index (χ3n) is 3.19. The average Bonchev–Trinajstić information content (AvgIpc) is 2.55. The van der Waals surface area contributed by atoms with Gasteiger partial charge in [-0.15, -0.1) is 0 Å². The molecule has 0 radical (unpaired) electrons. The minimum atomic E-state index is 0.0486. The molecule has 2 heteroatoms. The highest BCUT2D eigenvalue weighted by atomic mass is 16.5. The van der Waals surface area contributed by atoms with Crippen molar-refractivity contribution >= 4 is 5.78 Å². The van der Waals surface area contributed by atoms with Crippen molar-refractivity contribution in [2.24, 2.45) is 5.92 Å². The summed E-state index contributed by atoms with van der Waals surface area (Å²) >= 11 is 0. The standard InChI is InChI=1S/C12H12O2/c13-11-8-4-1-2-5-9(8)12-10(11)6-3-7-14-12/h1-2,4-5,10,12H,3,6-7H2. The first-order valence-corrected chi connectivity index (χ1v) is 5.12. The summed E-state index contributed by atoms with van der Waals surface area (Å²) in [4.78, 5) is 12.0. The van der Waals surface area contributed by atoms with E-state index in [0.717, 1.165) is 30.6 Å². The molecule has 2 aliphatic rings. The number of ketones is 1. The van der Waals surface area contributed by atoms with Crippen molar-refractivity contribution < 1.29 is 9.53 Å². The van der Waals surface area contributed by atoms with Gasteiger partial charge >= 0.3 is 0 Å². The Balaban J connectivity index is 2.11. The summed E-state index contributed by atoms with van der Waals surface area (Å²) in [6, 6.07) is 7.84. The number of carbonyl (C=O) groups excluding carboxylic acids is 1. The van der Waals surface area contributed by atoms with Crippen LogP contribution < -0.4 is 0 Å². The van der Waals surface area contributed by atoms with Crippen molar-refractivity contribution in [3.63, 3.8) is 0 Å². The van der Waals surface area contributed by atoms with Crippen molar-refractivity contribution in [1.29, 1.82) is 0 Å². The number of rotatable bonds is 0. The Bertz CT molecular complexity index is 384. The van der Waals surface area contributed by atoms with Gasteiger partial charge in [-0.05, 0) is 18.4 Å². The fraction of sp³-hybridized carbons (Fsp3) is 0.417. The second-order valence-corrected chi connectivity index (χ2v) is 3.99. The maximum absolute atomic E-state index is 12.0. The van der Waals surface area contributed by atoms with Gasteiger partial charge in [-0.3, -0.25) is 4.79 Å². The van der Waals surface area contributed by atoms with Crippen LogP contribution in [0.5, 0.6) is 0 Å². The summed E-state index contributed by atoms with van der Waals surface area (Å²) in [5.74, 6) is 0.381. The molecule has 0 saturated carbocycles. The monoisotopic (exact) mass is 188 g/mol. The molecule has 1 saturated heterocycles. The molecule has 0 amide bonds. The molecule has 2 nitrogen and oxygen atoms in total. The summed E-state index contributed by atoms with van der Waals surface area (Å²) in [6.07, 6.45) is 2.05. The largest absolute Gasteiger partial charge is 0.373 e.